The molecule has 1 saturated carbocycles. The molecule has 0 aromatic rings. The Morgan fingerprint density at radius 1 is 1.44 bits per heavy atom. The Morgan fingerprint density at radius 3 is 2.62 bits per heavy atom. The normalized spacial score (nSPS) is 20.9. The summed E-state index contributed by atoms with van der Waals surface area (Å²) in [5, 5.41) is 8.62. The molecule has 1 rings (SSSR count). The summed E-state index contributed by atoms with van der Waals surface area (Å²) in [6.07, 6.45) is 9.06. The van der Waals surface area contributed by atoms with Crippen LogP contribution in [-0.4, -0.2) is 17.1 Å². The molecule has 0 saturated heterocycles. The molecule has 0 spiro atoms. The minimum absolute atomic E-state index is 0.105. The molecule has 0 amide bonds. The van der Waals surface area contributed by atoms with Crippen LogP contribution in [-0.2, 0) is 4.79 Å². The highest BCUT2D eigenvalue weighted by Crippen LogP contribution is 2.30. The maximum atomic E-state index is 10.5. The van der Waals surface area contributed by atoms with Gasteiger partial charge in [-0.15, -0.1) is 0 Å². The van der Waals surface area contributed by atoms with Crippen LogP contribution in [0.15, 0.2) is 0 Å². The van der Waals surface area contributed by atoms with Gasteiger partial charge in [0.25, 0.3) is 0 Å². The van der Waals surface area contributed by atoms with Crippen molar-refractivity contribution in [3.05, 3.63) is 0 Å². The van der Waals surface area contributed by atoms with E-state index in [9.17, 15) is 4.79 Å². The first-order chi connectivity index (χ1) is 7.58. The predicted octanol–water partition coefficient (Wildman–Crippen LogP) is 2.79. The third-order valence-electron chi connectivity index (χ3n) is 3.68. The van der Waals surface area contributed by atoms with Crippen LogP contribution < -0.4 is 5.73 Å². The van der Waals surface area contributed by atoms with Gasteiger partial charge in [0, 0.05) is 6.04 Å². The summed E-state index contributed by atoms with van der Waals surface area (Å²) in [4.78, 5) is 10.5. The maximum absolute atomic E-state index is 10.5. The summed E-state index contributed by atoms with van der Waals surface area (Å²) >= 11 is 0. The number of aliphatic carboxylic acids is 1. The predicted molar refractivity (Wildman–Crippen MR) is 65.2 cm³/mol. The number of nitrogens with two attached hydrogens (primary N) is 1. The second-order valence-electron chi connectivity index (χ2n) is 5.43. The van der Waals surface area contributed by atoms with Gasteiger partial charge in [0.2, 0.25) is 0 Å². The van der Waals surface area contributed by atoms with Gasteiger partial charge in [0.15, 0.2) is 0 Å². The third kappa shape index (κ3) is 5.50. The highest BCUT2D eigenvalue weighted by molar-refractivity contribution is 5.67. The van der Waals surface area contributed by atoms with Crippen LogP contribution in [0.3, 0.4) is 0 Å². The van der Waals surface area contributed by atoms with Crippen LogP contribution in [0.25, 0.3) is 0 Å². The number of hydrogen-bond donors (Lipinski definition) is 2. The van der Waals surface area contributed by atoms with E-state index < -0.39 is 5.97 Å². The maximum Gasteiger partial charge on any atom is 0.304 e. The molecule has 1 aliphatic rings. The van der Waals surface area contributed by atoms with E-state index in [2.05, 4.69) is 6.92 Å². The Balaban J connectivity index is 2.09. The molecule has 1 aliphatic carbocycles. The molecule has 0 radical (unpaired) electrons. The van der Waals surface area contributed by atoms with E-state index in [-0.39, 0.29) is 12.5 Å². The summed E-state index contributed by atoms with van der Waals surface area (Å²) in [5.41, 5.74) is 5.78. The lowest BCUT2D eigenvalue weighted by molar-refractivity contribution is -0.137. The molecule has 1 fully saturated rings. The van der Waals surface area contributed by atoms with Gasteiger partial charge in [-0.05, 0) is 18.3 Å². The quantitative estimate of drug-likeness (QED) is 0.703. The number of hydrogen-bond acceptors (Lipinski definition) is 2. The molecule has 0 aromatic carbocycles. The minimum Gasteiger partial charge on any atom is -0.481 e. The molecule has 16 heavy (non-hydrogen) atoms. The van der Waals surface area contributed by atoms with Crippen LogP contribution in [0.1, 0.15) is 58.3 Å². The van der Waals surface area contributed by atoms with Gasteiger partial charge in [-0.25, -0.2) is 0 Å². The molecule has 3 nitrogen and oxygen atoms in total. The SMILES string of the molecule is C[C@@H](CCC1CCCC1)C[C@H](N)CC(=O)O. The molecule has 0 unspecified atom stereocenters. The number of carboxylic acids is 1. The molecule has 2 atom stereocenters. The van der Waals surface area contributed by atoms with Crippen molar-refractivity contribution in [1.82, 2.24) is 0 Å². The lowest BCUT2D eigenvalue weighted by Crippen LogP contribution is -2.26. The van der Waals surface area contributed by atoms with Crippen LogP contribution in [0.2, 0.25) is 0 Å². The molecular formula is C13H25NO2. The molecule has 94 valence electrons. The van der Waals surface area contributed by atoms with Gasteiger partial charge in [0.05, 0.1) is 6.42 Å². The van der Waals surface area contributed by atoms with Gasteiger partial charge in [-0.3, -0.25) is 4.79 Å². The van der Waals surface area contributed by atoms with E-state index in [1.165, 1.54) is 38.5 Å². The number of carboxylic acid groups (broad SMARTS) is 1. The Kier molecular flexibility index (Phi) is 5.81. The van der Waals surface area contributed by atoms with Gasteiger partial charge in [0.1, 0.15) is 0 Å². The zero-order chi connectivity index (χ0) is 12.0. The first kappa shape index (κ1) is 13.5. The van der Waals surface area contributed by atoms with Crippen molar-refractivity contribution in [2.24, 2.45) is 17.6 Å². The lowest BCUT2D eigenvalue weighted by atomic mass is 9.91. The molecule has 0 bridgehead atoms. The summed E-state index contributed by atoms with van der Waals surface area (Å²) < 4.78 is 0. The van der Waals surface area contributed by atoms with Crippen molar-refractivity contribution < 1.29 is 9.90 Å². The summed E-state index contributed by atoms with van der Waals surface area (Å²) in [6.45, 7) is 2.19. The van der Waals surface area contributed by atoms with Crippen LogP contribution in [0, 0.1) is 11.8 Å². The number of carbonyl (C=O) groups is 1. The zero-order valence-electron chi connectivity index (χ0n) is 10.3. The first-order valence-electron chi connectivity index (χ1n) is 6.55. The second kappa shape index (κ2) is 6.89. The van der Waals surface area contributed by atoms with Crippen LogP contribution in [0.4, 0.5) is 0 Å². The minimum atomic E-state index is -0.782. The molecule has 0 aromatic heterocycles. The van der Waals surface area contributed by atoms with E-state index in [1.54, 1.807) is 0 Å². The third-order valence-corrected chi connectivity index (χ3v) is 3.68. The Labute approximate surface area is 98.4 Å². The van der Waals surface area contributed by atoms with Gasteiger partial charge < -0.3 is 10.8 Å². The smallest absolute Gasteiger partial charge is 0.304 e. The Hall–Kier alpha value is -0.570. The second-order valence-corrected chi connectivity index (χ2v) is 5.43. The van der Waals surface area contributed by atoms with Gasteiger partial charge >= 0.3 is 5.97 Å². The fourth-order valence-electron chi connectivity index (χ4n) is 2.76. The summed E-state index contributed by atoms with van der Waals surface area (Å²) in [5.74, 6) is 0.712. The largest absolute Gasteiger partial charge is 0.481 e. The molecule has 0 aliphatic heterocycles. The fraction of sp³-hybridized carbons (Fsp3) is 0.923. The monoisotopic (exact) mass is 227 g/mol. The molecule has 0 heterocycles. The van der Waals surface area contributed by atoms with E-state index >= 15 is 0 Å². The molecular weight excluding hydrogens is 202 g/mol. The van der Waals surface area contributed by atoms with E-state index in [0.717, 1.165) is 12.3 Å². The van der Waals surface area contributed by atoms with Crippen molar-refractivity contribution in [2.75, 3.05) is 0 Å². The van der Waals surface area contributed by atoms with Gasteiger partial charge in [-0.1, -0.05) is 45.4 Å². The highest BCUT2D eigenvalue weighted by atomic mass is 16.4. The average Bonchev–Trinajstić information content (AvgIpc) is 2.65. The summed E-state index contributed by atoms with van der Waals surface area (Å²) in [7, 11) is 0. The van der Waals surface area contributed by atoms with Crippen molar-refractivity contribution in [2.45, 2.75) is 64.3 Å². The highest BCUT2D eigenvalue weighted by Gasteiger charge is 2.17. The molecule has 3 heteroatoms. The van der Waals surface area contributed by atoms with Gasteiger partial charge in [-0.2, -0.15) is 0 Å². The number of rotatable bonds is 7. The van der Waals surface area contributed by atoms with E-state index in [0.29, 0.717) is 5.92 Å². The van der Waals surface area contributed by atoms with Crippen molar-refractivity contribution in [1.29, 1.82) is 0 Å². The summed E-state index contributed by atoms with van der Waals surface area (Å²) in [6, 6.07) is -0.170. The Morgan fingerprint density at radius 2 is 2.06 bits per heavy atom. The van der Waals surface area contributed by atoms with E-state index in [1.807, 2.05) is 0 Å². The zero-order valence-corrected chi connectivity index (χ0v) is 10.3. The van der Waals surface area contributed by atoms with Crippen molar-refractivity contribution >= 4 is 5.97 Å². The molecule has 3 N–H and O–H groups in total. The standard InChI is InChI=1S/C13H25NO2/c1-10(8-12(14)9-13(15)16)6-7-11-4-2-3-5-11/h10-12H,2-9,14H2,1H3,(H,15,16)/t10-,12-/m0/s1. The van der Waals surface area contributed by atoms with Crippen molar-refractivity contribution in [3.8, 4) is 0 Å². The fourth-order valence-corrected chi connectivity index (χ4v) is 2.76. The van der Waals surface area contributed by atoms with Crippen LogP contribution in [0.5, 0.6) is 0 Å². The topological polar surface area (TPSA) is 63.3 Å². The van der Waals surface area contributed by atoms with Crippen LogP contribution >= 0.6 is 0 Å². The van der Waals surface area contributed by atoms with E-state index in [4.69, 9.17) is 10.8 Å². The lowest BCUT2D eigenvalue weighted by Gasteiger charge is -2.17. The average molecular weight is 227 g/mol. The Bertz CT molecular complexity index is 212. The van der Waals surface area contributed by atoms with Crippen molar-refractivity contribution in [3.63, 3.8) is 0 Å². The first-order valence-corrected chi connectivity index (χ1v) is 6.55.